The molecule has 0 spiro atoms. The highest BCUT2D eigenvalue weighted by Crippen LogP contribution is 2.28. The van der Waals surface area contributed by atoms with Crippen LogP contribution in [0, 0.1) is 21.4 Å². The molecule has 0 bridgehead atoms. The summed E-state index contributed by atoms with van der Waals surface area (Å²) in [5, 5.41) is 24.1. The van der Waals surface area contributed by atoms with Crippen molar-refractivity contribution in [2.24, 2.45) is 0 Å². The Morgan fingerprint density at radius 3 is 2.76 bits per heavy atom. The Morgan fingerprint density at radius 1 is 1.21 bits per heavy atom. The molecular formula is C24H19N5O5. The molecule has 0 fully saturated rings. The van der Waals surface area contributed by atoms with Crippen LogP contribution < -0.4 is 4.74 Å². The minimum absolute atomic E-state index is 0.0938. The first kappa shape index (κ1) is 22.4. The van der Waals surface area contributed by atoms with Crippen molar-refractivity contribution in [3.8, 4) is 23.1 Å². The van der Waals surface area contributed by atoms with Gasteiger partial charge in [0.1, 0.15) is 18.4 Å². The number of nitriles is 1. The van der Waals surface area contributed by atoms with E-state index < -0.39 is 11.1 Å². The van der Waals surface area contributed by atoms with E-state index in [9.17, 15) is 20.2 Å². The number of nitrogens with zero attached hydrogens (tertiary/aromatic N) is 5. The van der Waals surface area contributed by atoms with Crippen LogP contribution in [-0.4, -0.2) is 25.8 Å². The van der Waals surface area contributed by atoms with Crippen molar-refractivity contribution in [2.45, 2.75) is 26.5 Å². The van der Waals surface area contributed by atoms with Gasteiger partial charge in [-0.2, -0.15) is 10.4 Å². The Labute approximate surface area is 194 Å². The van der Waals surface area contributed by atoms with Crippen molar-refractivity contribution < 1.29 is 19.5 Å². The fourth-order valence-electron chi connectivity index (χ4n) is 3.48. The van der Waals surface area contributed by atoms with Crippen molar-refractivity contribution >= 4 is 16.9 Å². The molecular weight excluding hydrogens is 438 g/mol. The van der Waals surface area contributed by atoms with E-state index in [4.69, 9.17) is 4.74 Å². The Kier molecular flexibility index (Phi) is 6.18. The lowest BCUT2D eigenvalue weighted by molar-refractivity contribution is -0.763. The average molecular weight is 457 g/mol. The maximum atomic E-state index is 12.7. The molecule has 0 unspecified atom stereocenters. The van der Waals surface area contributed by atoms with Crippen LogP contribution in [0.25, 0.3) is 22.2 Å². The highest BCUT2D eigenvalue weighted by atomic mass is 16.9. The van der Waals surface area contributed by atoms with Gasteiger partial charge in [-0.25, -0.2) is 4.79 Å². The van der Waals surface area contributed by atoms with E-state index in [-0.39, 0.29) is 24.0 Å². The number of ether oxygens (including phenoxy) is 1. The highest BCUT2D eigenvalue weighted by Gasteiger charge is 2.15. The first-order valence-electron chi connectivity index (χ1n) is 10.3. The van der Waals surface area contributed by atoms with Gasteiger partial charge < -0.3 is 9.57 Å². The van der Waals surface area contributed by atoms with E-state index in [1.54, 1.807) is 28.9 Å². The third-order valence-corrected chi connectivity index (χ3v) is 5.04. The Balaban J connectivity index is 1.59. The van der Waals surface area contributed by atoms with Crippen LogP contribution in [0.1, 0.15) is 41.5 Å². The van der Waals surface area contributed by atoms with Gasteiger partial charge in [0.05, 0.1) is 16.8 Å². The van der Waals surface area contributed by atoms with Gasteiger partial charge in [-0.3, -0.25) is 9.67 Å². The monoisotopic (exact) mass is 457 g/mol. The summed E-state index contributed by atoms with van der Waals surface area (Å²) in [6.45, 7) is 3.73. The molecule has 2 aromatic heterocycles. The van der Waals surface area contributed by atoms with Crippen LogP contribution in [0.15, 0.2) is 60.8 Å². The van der Waals surface area contributed by atoms with Gasteiger partial charge in [-0.15, -0.1) is 10.1 Å². The summed E-state index contributed by atoms with van der Waals surface area (Å²) in [5.74, 6) is -0.378. The summed E-state index contributed by atoms with van der Waals surface area (Å²) in [6.07, 6.45) is 1.50. The lowest BCUT2D eigenvalue weighted by Crippen LogP contribution is -2.09. The quantitative estimate of drug-likeness (QED) is 0.172. The zero-order valence-corrected chi connectivity index (χ0v) is 18.3. The second-order valence-corrected chi connectivity index (χ2v) is 7.69. The first-order chi connectivity index (χ1) is 16.4. The maximum Gasteiger partial charge on any atom is 0.343 e. The molecule has 10 heteroatoms. The lowest BCUT2D eigenvalue weighted by atomic mass is 10.1. The van der Waals surface area contributed by atoms with Crippen molar-refractivity contribution in [2.75, 3.05) is 0 Å². The molecule has 0 aliphatic carbocycles. The van der Waals surface area contributed by atoms with Crippen LogP contribution in [0.3, 0.4) is 0 Å². The molecule has 0 atom stereocenters. The van der Waals surface area contributed by atoms with Crippen molar-refractivity contribution in [1.82, 2.24) is 14.8 Å². The molecule has 0 amide bonds. The Bertz CT molecular complexity index is 1440. The van der Waals surface area contributed by atoms with E-state index >= 15 is 0 Å². The molecule has 0 saturated heterocycles. The van der Waals surface area contributed by atoms with Crippen molar-refractivity contribution in [1.29, 1.82) is 5.26 Å². The van der Waals surface area contributed by atoms with Crippen LogP contribution in [0.5, 0.6) is 5.75 Å². The summed E-state index contributed by atoms with van der Waals surface area (Å²) in [4.78, 5) is 31.8. The van der Waals surface area contributed by atoms with Crippen LogP contribution in [0.4, 0.5) is 0 Å². The maximum absolute atomic E-state index is 12.7. The van der Waals surface area contributed by atoms with Gasteiger partial charge in [0, 0.05) is 23.2 Å². The summed E-state index contributed by atoms with van der Waals surface area (Å²) < 4.78 is 7.22. The standard InChI is InChI=1S/C24H19N5O5/c1-15(2)28-23-7-6-17(11-20(23)22(13-25)27-28)21-12-18(8-9-26-21)24(30)34-19-5-3-4-16(10-19)14-33-29(31)32/h3-12,15H,14H2,1-2H3. The molecule has 0 aliphatic heterocycles. The van der Waals surface area contributed by atoms with E-state index in [2.05, 4.69) is 21.0 Å². The molecule has 2 aromatic carbocycles. The number of hydrogen-bond donors (Lipinski definition) is 0. The van der Waals surface area contributed by atoms with Gasteiger partial charge in [0.15, 0.2) is 5.69 Å². The number of fused-ring (bicyclic) bond motifs is 1. The molecule has 2 heterocycles. The average Bonchev–Trinajstić information content (AvgIpc) is 3.21. The third-order valence-electron chi connectivity index (χ3n) is 5.04. The summed E-state index contributed by atoms with van der Waals surface area (Å²) in [7, 11) is 0. The number of aromatic nitrogens is 3. The zero-order valence-electron chi connectivity index (χ0n) is 18.3. The zero-order chi connectivity index (χ0) is 24.2. The Morgan fingerprint density at radius 2 is 2.03 bits per heavy atom. The fourth-order valence-corrected chi connectivity index (χ4v) is 3.48. The highest BCUT2D eigenvalue weighted by molar-refractivity contribution is 5.93. The molecule has 34 heavy (non-hydrogen) atoms. The van der Waals surface area contributed by atoms with Gasteiger partial charge in [-0.1, -0.05) is 18.2 Å². The fraction of sp³-hybridized carbons (Fsp3) is 0.167. The number of pyridine rings is 1. The molecule has 4 rings (SSSR count). The van der Waals surface area contributed by atoms with Gasteiger partial charge >= 0.3 is 5.97 Å². The Hall–Kier alpha value is -4.78. The largest absolute Gasteiger partial charge is 0.423 e. The van der Waals surface area contributed by atoms with Gasteiger partial charge in [-0.05, 0) is 55.8 Å². The number of esters is 1. The number of hydrogen-bond acceptors (Lipinski definition) is 8. The van der Waals surface area contributed by atoms with Crippen molar-refractivity contribution in [3.05, 3.63) is 87.7 Å². The minimum atomic E-state index is -0.887. The molecule has 0 N–H and O–H groups in total. The van der Waals surface area contributed by atoms with Gasteiger partial charge in [0.2, 0.25) is 0 Å². The summed E-state index contributed by atoms with van der Waals surface area (Å²) in [6, 6.07) is 17.2. The molecule has 0 saturated carbocycles. The molecule has 10 nitrogen and oxygen atoms in total. The SMILES string of the molecule is CC(C)n1nc(C#N)c2cc(-c3cc(C(=O)Oc4cccc(CO[N+](=O)[O-])c4)ccn3)ccc21. The second kappa shape index (κ2) is 9.38. The predicted octanol–water partition coefficient (Wildman–Crippen LogP) is 4.48. The normalized spacial score (nSPS) is 10.8. The molecule has 0 radical (unpaired) electrons. The third kappa shape index (κ3) is 4.68. The van der Waals surface area contributed by atoms with Crippen LogP contribution in [-0.2, 0) is 11.4 Å². The number of carbonyl (C=O) groups is 1. The summed E-state index contributed by atoms with van der Waals surface area (Å²) >= 11 is 0. The second-order valence-electron chi connectivity index (χ2n) is 7.69. The smallest absolute Gasteiger partial charge is 0.343 e. The topological polar surface area (TPSA) is 133 Å². The van der Waals surface area contributed by atoms with Crippen LogP contribution >= 0.6 is 0 Å². The van der Waals surface area contributed by atoms with Crippen LogP contribution in [0.2, 0.25) is 0 Å². The molecule has 0 aliphatic rings. The summed E-state index contributed by atoms with van der Waals surface area (Å²) in [5.41, 5.74) is 3.18. The van der Waals surface area contributed by atoms with E-state index in [0.29, 0.717) is 22.3 Å². The molecule has 170 valence electrons. The number of carbonyl (C=O) groups excluding carboxylic acids is 1. The van der Waals surface area contributed by atoms with E-state index in [1.165, 1.54) is 18.3 Å². The number of rotatable bonds is 7. The van der Waals surface area contributed by atoms with Crippen molar-refractivity contribution in [3.63, 3.8) is 0 Å². The van der Waals surface area contributed by atoms with Gasteiger partial charge in [0.25, 0.3) is 5.09 Å². The minimum Gasteiger partial charge on any atom is -0.423 e. The molecule has 4 aromatic rings. The van der Waals surface area contributed by atoms with E-state index in [1.807, 2.05) is 32.0 Å². The number of benzene rings is 2. The lowest BCUT2D eigenvalue weighted by Gasteiger charge is -2.09. The first-order valence-corrected chi connectivity index (χ1v) is 10.3. The predicted molar refractivity (Wildman–Crippen MR) is 121 cm³/mol. The van der Waals surface area contributed by atoms with E-state index in [0.717, 1.165) is 11.1 Å².